The molecule has 2 rings (SSSR count). The zero-order valence-corrected chi connectivity index (χ0v) is 21.0. The van der Waals surface area contributed by atoms with Gasteiger partial charge in [-0.2, -0.15) is 0 Å². The van der Waals surface area contributed by atoms with Gasteiger partial charge in [0.1, 0.15) is 6.04 Å². The van der Waals surface area contributed by atoms with Crippen molar-refractivity contribution in [1.82, 2.24) is 10.2 Å². The van der Waals surface area contributed by atoms with E-state index < -0.39 is 16.1 Å². The lowest BCUT2D eigenvalue weighted by Gasteiger charge is -2.31. The Kier molecular flexibility index (Phi) is 9.46. The summed E-state index contributed by atoms with van der Waals surface area (Å²) in [6.45, 7) is 6.31. The van der Waals surface area contributed by atoms with E-state index in [1.54, 1.807) is 24.1 Å². The van der Waals surface area contributed by atoms with Crippen LogP contribution in [-0.4, -0.2) is 51.0 Å². The average Bonchev–Trinajstić information content (AvgIpc) is 2.77. The number of nitrogens with one attached hydrogen (secondary N) is 1. The maximum Gasteiger partial charge on any atom is 0.242 e. The van der Waals surface area contributed by atoms with E-state index in [2.05, 4.69) is 5.32 Å². The van der Waals surface area contributed by atoms with Gasteiger partial charge in [0.05, 0.1) is 11.9 Å². The Bertz CT molecular complexity index is 1030. The second kappa shape index (κ2) is 11.8. The van der Waals surface area contributed by atoms with Gasteiger partial charge in [-0.3, -0.25) is 13.9 Å². The number of likely N-dealkylation sites (N-methyl/N-ethyl adjacent to an activating group) is 1. The third kappa shape index (κ3) is 7.60. The molecule has 0 radical (unpaired) electrons. The number of benzene rings is 2. The van der Waals surface area contributed by atoms with E-state index in [1.165, 1.54) is 4.31 Å². The molecule has 1 atom stereocenters. The normalized spacial score (nSPS) is 12.2. The number of anilines is 1. The molecule has 0 saturated carbocycles. The predicted molar refractivity (Wildman–Crippen MR) is 132 cm³/mol. The number of hydrogen-bond acceptors (Lipinski definition) is 4. The van der Waals surface area contributed by atoms with Crippen molar-refractivity contribution < 1.29 is 18.0 Å². The molecule has 0 fully saturated rings. The first-order valence-corrected chi connectivity index (χ1v) is 13.0. The topological polar surface area (TPSA) is 86.8 Å². The summed E-state index contributed by atoms with van der Waals surface area (Å²) in [6.07, 6.45) is 2.12. The quantitative estimate of drug-likeness (QED) is 0.542. The molecule has 7 nitrogen and oxygen atoms in total. The van der Waals surface area contributed by atoms with Crippen LogP contribution in [0.15, 0.2) is 48.5 Å². The Balaban J connectivity index is 2.17. The molecule has 0 saturated heterocycles. The number of carbonyl (C=O) groups is 2. The summed E-state index contributed by atoms with van der Waals surface area (Å²) >= 11 is 0. The maximum atomic E-state index is 13.2. The molecule has 2 amide bonds. The standard InChI is InChI=1S/C25H35N3O4S/c1-6-23(25(30)26-4)27(18-21-13-9-19(2)10-14-21)24(29)8-7-17-28(33(5,31)32)22-15-11-20(3)12-16-22/h9-16,23H,6-8,17-18H2,1-5H3,(H,26,30). The summed E-state index contributed by atoms with van der Waals surface area (Å²) in [5.74, 6) is -0.390. The molecule has 2 aromatic carbocycles. The lowest BCUT2D eigenvalue weighted by Crippen LogP contribution is -2.48. The Labute approximate surface area is 197 Å². The highest BCUT2D eigenvalue weighted by Gasteiger charge is 2.28. The molecule has 1 N–H and O–H groups in total. The summed E-state index contributed by atoms with van der Waals surface area (Å²) < 4.78 is 26.0. The van der Waals surface area contributed by atoms with Crippen LogP contribution < -0.4 is 9.62 Å². The lowest BCUT2D eigenvalue weighted by atomic mass is 10.1. The summed E-state index contributed by atoms with van der Waals surface area (Å²) in [5.41, 5.74) is 3.67. The van der Waals surface area contributed by atoms with Crippen LogP contribution in [0, 0.1) is 13.8 Å². The second-order valence-electron chi connectivity index (χ2n) is 8.32. The fraction of sp³-hybridized carbons (Fsp3) is 0.440. The van der Waals surface area contributed by atoms with Crippen LogP contribution in [0.1, 0.15) is 42.9 Å². The highest BCUT2D eigenvalue weighted by molar-refractivity contribution is 7.92. The minimum Gasteiger partial charge on any atom is -0.357 e. The van der Waals surface area contributed by atoms with Crippen molar-refractivity contribution in [1.29, 1.82) is 0 Å². The molecule has 1 unspecified atom stereocenters. The van der Waals surface area contributed by atoms with Gasteiger partial charge < -0.3 is 10.2 Å². The molecule has 0 spiro atoms. The third-order valence-electron chi connectivity index (χ3n) is 5.58. The van der Waals surface area contributed by atoms with Crippen molar-refractivity contribution in [3.8, 4) is 0 Å². The third-order valence-corrected chi connectivity index (χ3v) is 6.77. The molecule has 180 valence electrons. The Morgan fingerprint density at radius 3 is 2.00 bits per heavy atom. The van der Waals surface area contributed by atoms with Gasteiger partial charge in [0.2, 0.25) is 21.8 Å². The van der Waals surface area contributed by atoms with Crippen molar-refractivity contribution in [3.05, 3.63) is 65.2 Å². The van der Waals surface area contributed by atoms with Crippen LogP contribution in [0.25, 0.3) is 0 Å². The van der Waals surface area contributed by atoms with Gasteiger partial charge in [-0.25, -0.2) is 8.42 Å². The molecular weight excluding hydrogens is 438 g/mol. The number of amides is 2. The number of aryl methyl sites for hydroxylation is 2. The van der Waals surface area contributed by atoms with Crippen molar-refractivity contribution >= 4 is 27.5 Å². The molecule has 0 heterocycles. The monoisotopic (exact) mass is 473 g/mol. The predicted octanol–water partition coefficient (Wildman–Crippen LogP) is 3.40. The molecule has 0 aliphatic heterocycles. The minimum absolute atomic E-state index is 0.136. The molecule has 0 aromatic heterocycles. The number of carbonyl (C=O) groups excluding carboxylic acids is 2. The smallest absolute Gasteiger partial charge is 0.242 e. The second-order valence-corrected chi connectivity index (χ2v) is 10.2. The molecule has 2 aromatic rings. The van der Waals surface area contributed by atoms with E-state index in [1.807, 2.05) is 57.2 Å². The van der Waals surface area contributed by atoms with Crippen LogP contribution in [0.3, 0.4) is 0 Å². The van der Waals surface area contributed by atoms with Gasteiger partial charge in [-0.15, -0.1) is 0 Å². The summed E-state index contributed by atoms with van der Waals surface area (Å²) in [6, 6.07) is 14.5. The van der Waals surface area contributed by atoms with Crippen LogP contribution >= 0.6 is 0 Å². The van der Waals surface area contributed by atoms with E-state index in [0.717, 1.165) is 22.9 Å². The van der Waals surface area contributed by atoms with Crippen LogP contribution in [0.4, 0.5) is 5.69 Å². The SMILES string of the molecule is CCC(C(=O)NC)N(Cc1ccc(C)cc1)C(=O)CCCN(c1ccc(C)cc1)S(C)(=O)=O. The molecular formula is C25H35N3O4S. The minimum atomic E-state index is -3.50. The van der Waals surface area contributed by atoms with E-state index >= 15 is 0 Å². The average molecular weight is 474 g/mol. The molecule has 0 aliphatic rings. The first-order valence-electron chi connectivity index (χ1n) is 11.2. The zero-order chi connectivity index (χ0) is 24.6. The Morgan fingerprint density at radius 2 is 1.52 bits per heavy atom. The Hall–Kier alpha value is -2.87. The van der Waals surface area contributed by atoms with E-state index in [4.69, 9.17) is 0 Å². The van der Waals surface area contributed by atoms with Crippen molar-refractivity contribution in [2.75, 3.05) is 24.2 Å². The van der Waals surface area contributed by atoms with E-state index in [0.29, 0.717) is 25.1 Å². The van der Waals surface area contributed by atoms with Gasteiger partial charge >= 0.3 is 0 Å². The first-order chi connectivity index (χ1) is 15.6. The van der Waals surface area contributed by atoms with Gasteiger partial charge in [0, 0.05) is 26.6 Å². The molecule has 0 bridgehead atoms. The van der Waals surface area contributed by atoms with Gasteiger partial charge in [0.15, 0.2) is 0 Å². The number of sulfonamides is 1. The first kappa shape index (κ1) is 26.4. The summed E-state index contributed by atoms with van der Waals surface area (Å²) in [5, 5.41) is 2.65. The van der Waals surface area contributed by atoms with Gasteiger partial charge in [-0.1, -0.05) is 54.4 Å². The van der Waals surface area contributed by atoms with Gasteiger partial charge in [-0.05, 0) is 44.4 Å². The van der Waals surface area contributed by atoms with Crippen molar-refractivity contribution in [2.24, 2.45) is 0 Å². The van der Waals surface area contributed by atoms with E-state index in [9.17, 15) is 18.0 Å². The molecule has 0 aliphatic carbocycles. The van der Waals surface area contributed by atoms with E-state index in [-0.39, 0.29) is 24.8 Å². The van der Waals surface area contributed by atoms with Crippen LogP contribution in [0.2, 0.25) is 0 Å². The summed E-state index contributed by atoms with van der Waals surface area (Å²) in [7, 11) is -1.94. The number of rotatable bonds is 11. The van der Waals surface area contributed by atoms with Crippen molar-refractivity contribution in [3.63, 3.8) is 0 Å². The van der Waals surface area contributed by atoms with Crippen molar-refractivity contribution in [2.45, 2.75) is 52.6 Å². The Morgan fingerprint density at radius 1 is 0.970 bits per heavy atom. The van der Waals surface area contributed by atoms with Gasteiger partial charge in [0.25, 0.3) is 0 Å². The zero-order valence-electron chi connectivity index (χ0n) is 20.2. The molecule has 8 heteroatoms. The summed E-state index contributed by atoms with van der Waals surface area (Å²) in [4.78, 5) is 27.3. The number of hydrogen-bond donors (Lipinski definition) is 1. The highest BCUT2D eigenvalue weighted by atomic mass is 32.2. The lowest BCUT2D eigenvalue weighted by molar-refractivity contribution is -0.141. The van der Waals surface area contributed by atoms with Crippen LogP contribution in [-0.2, 0) is 26.2 Å². The van der Waals surface area contributed by atoms with Crippen LogP contribution in [0.5, 0.6) is 0 Å². The maximum absolute atomic E-state index is 13.2. The fourth-order valence-corrected chi connectivity index (χ4v) is 4.66. The fourth-order valence-electron chi connectivity index (χ4n) is 3.69. The largest absolute Gasteiger partial charge is 0.357 e. The molecule has 33 heavy (non-hydrogen) atoms. The number of nitrogens with zero attached hydrogens (tertiary/aromatic N) is 2. The highest BCUT2D eigenvalue weighted by Crippen LogP contribution is 2.20.